The summed E-state index contributed by atoms with van der Waals surface area (Å²) in [4.78, 5) is 0. The molecule has 0 aromatic carbocycles. The van der Waals surface area contributed by atoms with E-state index in [1.807, 2.05) is 0 Å². The van der Waals surface area contributed by atoms with Gasteiger partial charge in [-0.1, -0.05) is 26.2 Å². The van der Waals surface area contributed by atoms with Crippen LogP contribution in [0, 0.1) is 0 Å². The van der Waals surface area contributed by atoms with Gasteiger partial charge in [0.05, 0.1) is 6.61 Å². The number of aliphatic hydroxyl groups is 2. The standard InChI is InChI=1S/C13H23FO5/c1-2-3-4-5-6-9-17-7-8-12(19-9)11(15)10(14)13(16)18-8/h8-13,15-16H,2-7H2,1H3/t8-,9-,10-,11-,12-,13-/m1/s1. The third-order valence-electron chi connectivity index (χ3n) is 3.66. The highest BCUT2D eigenvalue weighted by Gasteiger charge is 2.48. The Morgan fingerprint density at radius 1 is 1.16 bits per heavy atom. The van der Waals surface area contributed by atoms with Gasteiger partial charge in [0.15, 0.2) is 18.8 Å². The van der Waals surface area contributed by atoms with E-state index < -0.39 is 37.1 Å². The Kier molecular flexibility index (Phi) is 5.53. The Hall–Kier alpha value is -0.270. The maximum atomic E-state index is 13.5. The van der Waals surface area contributed by atoms with Gasteiger partial charge in [-0.3, -0.25) is 0 Å². The molecule has 2 rings (SSSR count). The third kappa shape index (κ3) is 3.64. The van der Waals surface area contributed by atoms with E-state index in [0.717, 1.165) is 25.7 Å². The molecule has 2 aliphatic heterocycles. The second-order valence-electron chi connectivity index (χ2n) is 5.21. The molecule has 5 nitrogen and oxygen atoms in total. The summed E-state index contributed by atoms with van der Waals surface area (Å²) in [6, 6.07) is 0. The zero-order valence-electron chi connectivity index (χ0n) is 11.2. The van der Waals surface area contributed by atoms with Crippen molar-refractivity contribution in [3.05, 3.63) is 0 Å². The Balaban J connectivity index is 1.80. The van der Waals surface area contributed by atoms with E-state index in [1.165, 1.54) is 6.42 Å². The molecule has 0 bridgehead atoms. The molecule has 0 amide bonds. The summed E-state index contributed by atoms with van der Waals surface area (Å²) < 4.78 is 29.5. The molecule has 0 spiro atoms. The number of fused-ring (bicyclic) bond motifs is 1. The van der Waals surface area contributed by atoms with Crippen LogP contribution in [0.4, 0.5) is 4.39 Å². The lowest BCUT2D eigenvalue weighted by atomic mass is 9.99. The molecule has 2 heterocycles. The van der Waals surface area contributed by atoms with Gasteiger partial charge in [-0.15, -0.1) is 0 Å². The maximum Gasteiger partial charge on any atom is 0.189 e. The number of halogens is 1. The Morgan fingerprint density at radius 2 is 1.95 bits per heavy atom. The molecular weight excluding hydrogens is 255 g/mol. The van der Waals surface area contributed by atoms with Crippen molar-refractivity contribution in [1.29, 1.82) is 0 Å². The van der Waals surface area contributed by atoms with Gasteiger partial charge in [0.25, 0.3) is 0 Å². The summed E-state index contributed by atoms with van der Waals surface area (Å²) in [7, 11) is 0. The van der Waals surface area contributed by atoms with E-state index in [0.29, 0.717) is 0 Å². The van der Waals surface area contributed by atoms with E-state index in [1.54, 1.807) is 0 Å². The van der Waals surface area contributed by atoms with Gasteiger partial charge in [-0.25, -0.2) is 4.39 Å². The normalized spacial score (nSPS) is 42.9. The lowest BCUT2D eigenvalue weighted by Gasteiger charge is -2.44. The largest absolute Gasteiger partial charge is 0.387 e. The lowest BCUT2D eigenvalue weighted by molar-refractivity contribution is -0.344. The number of aliphatic hydroxyl groups excluding tert-OH is 2. The molecule has 0 radical (unpaired) electrons. The maximum absolute atomic E-state index is 13.5. The minimum Gasteiger partial charge on any atom is -0.387 e. The molecule has 2 aliphatic rings. The topological polar surface area (TPSA) is 68.2 Å². The average molecular weight is 278 g/mol. The van der Waals surface area contributed by atoms with Crippen LogP contribution in [0.15, 0.2) is 0 Å². The van der Waals surface area contributed by atoms with Gasteiger partial charge in [0.1, 0.15) is 18.3 Å². The first-order chi connectivity index (χ1) is 9.13. The lowest BCUT2D eigenvalue weighted by Crippen LogP contribution is -2.61. The van der Waals surface area contributed by atoms with E-state index in [9.17, 15) is 14.6 Å². The third-order valence-corrected chi connectivity index (χ3v) is 3.66. The van der Waals surface area contributed by atoms with Crippen molar-refractivity contribution in [2.24, 2.45) is 0 Å². The highest BCUT2D eigenvalue weighted by Crippen LogP contribution is 2.30. The fraction of sp³-hybridized carbons (Fsp3) is 1.00. The highest BCUT2D eigenvalue weighted by atomic mass is 19.1. The molecule has 6 atom stereocenters. The number of ether oxygens (including phenoxy) is 3. The van der Waals surface area contributed by atoms with Crippen molar-refractivity contribution in [3.8, 4) is 0 Å². The van der Waals surface area contributed by atoms with E-state index in [4.69, 9.17) is 14.2 Å². The number of alkyl halides is 1. The molecule has 0 aromatic heterocycles. The van der Waals surface area contributed by atoms with E-state index in [2.05, 4.69) is 6.92 Å². The van der Waals surface area contributed by atoms with Gasteiger partial charge < -0.3 is 24.4 Å². The van der Waals surface area contributed by atoms with Crippen LogP contribution in [-0.4, -0.2) is 53.9 Å². The average Bonchev–Trinajstić information content (AvgIpc) is 2.42. The van der Waals surface area contributed by atoms with Crippen molar-refractivity contribution < 1.29 is 28.8 Å². The van der Waals surface area contributed by atoms with Crippen LogP contribution >= 0.6 is 0 Å². The Morgan fingerprint density at radius 3 is 2.68 bits per heavy atom. The molecule has 0 aliphatic carbocycles. The molecule has 2 fully saturated rings. The van der Waals surface area contributed by atoms with Crippen LogP contribution < -0.4 is 0 Å². The van der Waals surface area contributed by atoms with Crippen molar-refractivity contribution >= 4 is 0 Å². The van der Waals surface area contributed by atoms with Crippen molar-refractivity contribution in [2.75, 3.05) is 6.61 Å². The fourth-order valence-electron chi connectivity index (χ4n) is 2.51. The van der Waals surface area contributed by atoms with Gasteiger partial charge in [0.2, 0.25) is 0 Å². The van der Waals surface area contributed by atoms with Crippen molar-refractivity contribution in [1.82, 2.24) is 0 Å². The number of unbranched alkanes of at least 4 members (excludes halogenated alkanes) is 3. The highest BCUT2D eigenvalue weighted by molar-refractivity contribution is 4.91. The molecule has 6 heteroatoms. The molecule has 112 valence electrons. The van der Waals surface area contributed by atoms with Gasteiger partial charge >= 0.3 is 0 Å². The molecule has 2 saturated heterocycles. The molecule has 0 saturated carbocycles. The van der Waals surface area contributed by atoms with Crippen LogP contribution in [0.5, 0.6) is 0 Å². The van der Waals surface area contributed by atoms with E-state index >= 15 is 0 Å². The minimum absolute atomic E-state index is 0.212. The van der Waals surface area contributed by atoms with Gasteiger partial charge in [0, 0.05) is 0 Å². The smallest absolute Gasteiger partial charge is 0.189 e. The molecular formula is C13H23FO5. The first kappa shape index (κ1) is 15.1. The van der Waals surface area contributed by atoms with Crippen LogP contribution in [0.1, 0.15) is 39.0 Å². The fourth-order valence-corrected chi connectivity index (χ4v) is 2.51. The van der Waals surface area contributed by atoms with Crippen LogP contribution in [0.25, 0.3) is 0 Å². The van der Waals surface area contributed by atoms with Crippen molar-refractivity contribution in [3.63, 3.8) is 0 Å². The quantitative estimate of drug-likeness (QED) is 0.737. The van der Waals surface area contributed by atoms with Crippen LogP contribution in [0.3, 0.4) is 0 Å². The number of rotatable bonds is 5. The summed E-state index contributed by atoms with van der Waals surface area (Å²) in [5.41, 5.74) is 0. The Bertz CT molecular complexity index is 274. The summed E-state index contributed by atoms with van der Waals surface area (Å²) in [6.07, 6.45) is -1.44. The second-order valence-corrected chi connectivity index (χ2v) is 5.21. The molecule has 0 unspecified atom stereocenters. The summed E-state index contributed by atoms with van der Waals surface area (Å²) in [5.74, 6) is 0. The van der Waals surface area contributed by atoms with Gasteiger partial charge in [-0.2, -0.15) is 0 Å². The zero-order chi connectivity index (χ0) is 13.8. The predicted octanol–water partition coefficient (Wildman–Crippen LogP) is 1.11. The Labute approximate surface area is 112 Å². The van der Waals surface area contributed by atoms with E-state index in [-0.39, 0.29) is 6.61 Å². The van der Waals surface area contributed by atoms with Crippen molar-refractivity contribution in [2.45, 2.75) is 76.1 Å². The zero-order valence-corrected chi connectivity index (χ0v) is 11.2. The summed E-state index contributed by atoms with van der Waals surface area (Å²) >= 11 is 0. The number of hydrogen-bond donors (Lipinski definition) is 2. The first-order valence-electron chi connectivity index (χ1n) is 7.06. The minimum atomic E-state index is -1.83. The summed E-state index contributed by atoms with van der Waals surface area (Å²) in [6.45, 7) is 2.35. The second kappa shape index (κ2) is 6.95. The molecule has 19 heavy (non-hydrogen) atoms. The first-order valence-corrected chi connectivity index (χ1v) is 7.06. The van der Waals surface area contributed by atoms with Gasteiger partial charge in [-0.05, 0) is 12.8 Å². The number of hydrogen-bond acceptors (Lipinski definition) is 5. The monoisotopic (exact) mass is 278 g/mol. The molecule has 2 N–H and O–H groups in total. The SMILES string of the molecule is CCCCCC[C@@H]1OC[C@H]2O[C@@H](O)[C@H](F)[C@@H](O)[C@@H]2O1. The molecule has 0 aromatic rings. The van der Waals surface area contributed by atoms with Crippen LogP contribution in [0.2, 0.25) is 0 Å². The van der Waals surface area contributed by atoms with Crippen LogP contribution in [-0.2, 0) is 14.2 Å². The summed E-state index contributed by atoms with van der Waals surface area (Å²) in [5, 5.41) is 19.1. The predicted molar refractivity (Wildman–Crippen MR) is 65.2 cm³/mol.